The number of aliphatic hydroxyl groups is 1. The van der Waals surface area contributed by atoms with Crippen molar-refractivity contribution in [3.05, 3.63) is 65.6 Å². The Kier molecular flexibility index (Phi) is 7.65. The molecule has 2 unspecified atom stereocenters. The molecule has 2 aromatic carbocycles. The van der Waals surface area contributed by atoms with Crippen LogP contribution in [0.4, 0.5) is 4.39 Å². The van der Waals surface area contributed by atoms with E-state index in [0.29, 0.717) is 39.6 Å². The summed E-state index contributed by atoms with van der Waals surface area (Å²) >= 11 is 0. The Morgan fingerprint density at radius 2 is 1.78 bits per heavy atom. The van der Waals surface area contributed by atoms with E-state index in [2.05, 4.69) is 11.6 Å². The predicted octanol–water partition coefficient (Wildman–Crippen LogP) is 4.82. The summed E-state index contributed by atoms with van der Waals surface area (Å²) in [6.07, 6.45) is -2.87. The monoisotopic (exact) mass is 525 g/mol. The van der Waals surface area contributed by atoms with E-state index < -0.39 is 37.8 Å². The summed E-state index contributed by atoms with van der Waals surface area (Å²) in [4.78, 5) is 26.0. The zero-order chi connectivity index (χ0) is 26.7. The average Bonchev–Trinajstić information content (AvgIpc) is 3.30. The number of nitrogens with zero attached hydrogens (tertiary/aromatic N) is 1. The second-order valence-electron chi connectivity index (χ2n) is 8.92. The summed E-state index contributed by atoms with van der Waals surface area (Å²) < 4.78 is 37.3. The van der Waals surface area contributed by atoms with Crippen LogP contribution in [0.15, 0.2) is 48.5 Å². The molecule has 0 aliphatic carbocycles. The van der Waals surface area contributed by atoms with E-state index in [0.717, 1.165) is 5.56 Å². The lowest BCUT2D eigenvalue weighted by Crippen LogP contribution is -2.17. The van der Waals surface area contributed by atoms with Gasteiger partial charge in [0.15, 0.2) is 11.5 Å². The molecular formula is C27H25FNO7P. The molecule has 0 spiro atoms. The summed E-state index contributed by atoms with van der Waals surface area (Å²) in [6.45, 7) is 3.93. The van der Waals surface area contributed by atoms with E-state index in [1.165, 1.54) is 12.1 Å². The first kappa shape index (κ1) is 26.4. The van der Waals surface area contributed by atoms with E-state index in [4.69, 9.17) is 19.6 Å². The number of benzene rings is 2. The van der Waals surface area contributed by atoms with Gasteiger partial charge in [0.25, 0.3) is 7.37 Å². The maximum absolute atomic E-state index is 13.7. The van der Waals surface area contributed by atoms with Gasteiger partial charge in [0.05, 0.1) is 35.6 Å². The van der Waals surface area contributed by atoms with Crippen LogP contribution in [0, 0.1) is 17.4 Å². The van der Waals surface area contributed by atoms with Gasteiger partial charge in [-0.2, -0.15) is 0 Å². The zero-order valence-electron chi connectivity index (χ0n) is 20.1. The first-order chi connectivity index (χ1) is 17.5. The second-order valence-corrected chi connectivity index (χ2v) is 10.9. The highest BCUT2D eigenvalue weighted by Crippen LogP contribution is 2.42. The third-order valence-electron chi connectivity index (χ3n) is 5.64. The third-order valence-corrected chi connectivity index (χ3v) is 7.02. The fraction of sp³-hybridized carbons (Fsp3) is 0.259. The van der Waals surface area contributed by atoms with Crippen molar-refractivity contribution in [1.29, 1.82) is 0 Å². The Labute approximate surface area is 213 Å². The van der Waals surface area contributed by atoms with E-state index >= 15 is 0 Å². The SMILES string of the molecule is CC(C)c1nc(-c2ccc3c(c2)OCO3)cc(-c2ccc(F)cc2)c1C#CP(=O)(O)CC(O)CC(=O)O. The number of aliphatic hydroxyl groups excluding tert-OH is 1. The normalized spacial score (nSPS) is 14.5. The van der Waals surface area contributed by atoms with Crippen molar-refractivity contribution in [3.63, 3.8) is 0 Å². The van der Waals surface area contributed by atoms with Gasteiger partial charge in [0, 0.05) is 11.1 Å². The standard InChI is InChI=1S/C27H25FNO7P/c1-16(2)27-21(9-10-37(33,34)14-20(30)12-26(31)32)22(17-3-6-19(28)7-4-17)13-23(29-27)18-5-8-24-25(11-18)36-15-35-24/h3-8,11,13,16,20,30H,12,14-15H2,1-2H3,(H,31,32)(H,33,34). The third kappa shape index (κ3) is 6.36. The van der Waals surface area contributed by atoms with Crippen LogP contribution >= 0.6 is 7.37 Å². The van der Waals surface area contributed by atoms with Gasteiger partial charge in [-0.25, -0.2) is 4.39 Å². The molecule has 2 heterocycles. The molecule has 0 saturated carbocycles. The summed E-state index contributed by atoms with van der Waals surface area (Å²) in [7, 11) is -4.21. The Hall–Kier alpha value is -3.70. The Bertz CT molecular complexity index is 1440. The minimum absolute atomic E-state index is 0.126. The number of aliphatic carboxylic acids is 1. The minimum atomic E-state index is -4.21. The Morgan fingerprint density at radius 1 is 1.11 bits per heavy atom. The van der Waals surface area contributed by atoms with Crippen molar-refractivity contribution >= 4 is 13.3 Å². The largest absolute Gasteiger partial charge is 0.481 e. The molecule has 8 nitrogen and oxygen atoms in total. The number of fused-ring (bicyclic) bond motifs is 1. The molecule has 1 aliphatic heterocycles. The number of carboxylic acid groups (broad SMARTS) is 1. The maximum Gasteiger partial charge on any atom is 0.305 e. The summed E-state index contributed by atoms with van der Waals surface area (Å²) in [5, 5.41) is 18.7. The fourth-order valence-electron chi connectivity index (χ4n) is 3.92. The minimum Gasteiger partial charge on any atom is -0.481 e. The van der Waals surface area contributed by atoms with E-state index in [9.17, 15) is 23.7 Å². The summed E-state index contributed by atoms with van der Waals surface area (Å²) in [6, 6.07) is 13.0. The molecule has 4 rings (SSSR count). The van der Waals surface area contributed by atoms with Crippen molar-refractivity contribution < 1.29 is 38.3 Å². The number of halogens is 1. The lowest BCUT2D eigenvalue weighted by atomic mass is 9.93. The fourth-order valence-corrected chi connectivity index (χ4v) is 4.99. The quantitative estimate of drug-likeness (QED) is 0.296. The van der Waals surface area contributed by atoms with Crippen LogP contribution in [-0.2, 0) is 9.36 Å². The van der Waals surface area contributed by atoms with Gasteiger partial charge in [0.1, 0.15) is 5.82 Å². The van der Waals surface area contributed by atoms with Gasteiger partial charge in [-0.15, -0.1) is 0 Å². The first-order valence-corrected chi connectivity index (χ1v) is 13.3. The van der Waals surface area contributed by atoms with Crippen LogP contribution in [0.5, 0.6) is 11.5 Å². The van der Waals surface area contributed by atoms with Crippen molar-refractivity contribution in [1.82, 2.24) is 4.98 Å². The van der Waals surface area contributed by atoms with E-state index in [1.807, 2.05) is 19.9 Å². The number of carboxylic acids is 1. The molecule has 192 valence electrons. The average molecular weight is 525 g/mol. The van der Waals surface area contributed by atoms with Crippen LogP contribution in [0.3, 0.4) is 0 Å². The number of carbonyl (C=O) groups is 1. The van der Waals surface area contributed by atoms with Crippen molar-refractivity contribution in [2.45, 2.75) is 32.3 Å². The van der Waals surface area contributed by atoms with Crippen LogP contribution in [-0.4, -0.2) is 45.1 Å². The van der Waals surface area contributed by atoms with Gasteiger partial charge in [-0.05, 0) is 53.5 Å². The van der Waals surface area contributed by atoms with Gasteiger partial charge in [0.2, 0.25) is 6.79 Å². The maximum atomic E-state index is 13.7. The number of hydrogen-bond acceptors (Lipinski definition) is 6. The number of rotatable bonds is 7. The molecule has 3 N–H and O–H groups in total. The molecule has 0 amide bonds. The lowest BCUT2D eigenvalue weighted by molar-refractivity contribution is -0.138. The van der Waals surface area contributed by atoms with E-state index in [-0.39, 0.29) is 12.7 Å². The van der Waals surface area contributed by atoms with Gasteiger partial charge >= 0.3 is 5.97 Å². The topological polar surface area (TPSA) is 126 Å². The van der Waals surface area contributed by atoms with Crippen LogP contribution in [0.25, 0.3) is 22.4 Å². The van der Waals surface area contributed by atoms with Gasteiger partial charge in [-0.3, -0.25) is 14.3 Å². The second kappa shape index (κ2) is 10.7. The Balaban J connectivity index is 1.85. The van der Waals surface area contributed by atoms with Crippen LogP contribution in [0.2, 0.25) is 0 Å². The van der Waals surface area contributed by atoms with Gasteiger partial charge < -0.3 is 24.6 Å². The van der Waals surface area contributed by atoms with E-state index in [1.54, 1.807) is 30.3 Å². The smallest absolute Gasteiger partial charge is 0.305 e. The molecular weight excluding hydrogens is 500 g/mol. The number of aromatic nitrogens is 1. The Morgan fingerprint density at radius 3 is 2.46 bits per heavy atom. The molecule has 0 radical (unpaired) electrons. The molecule has 37 heavy (non-hydrogen) atoms. The molecule has 1 aliphatic rings. The van der Waals surface area contributed by atoms with Crippen molar-refractivity contribution in [2.24, 2.45) is 0 Å². The molecule has 10 heteroatoms. The molecule has 0 fully saturated rings. The highest BCUT2D eigenvalue weighted by atomic mass is 31.2. The van der Waals surface area contributed by atoms with Crippen molar-refractivity contribution in [3.8, 4) is 45.5 Å². The van der Waals surface area contributed by atoms with Crippen molar-refractivity contribution in [2.75, 3.05) is 13.0 Å². The first-order valence-electron chi connectivity index (χ1n) is 11.5. The molecule has 3 aromatic rings. The summed E-state index contributed by atoms with van der Waals surface area (Å²) in [5.41, 5.74) is 5.82. The zero-order valence-corrected chi connectivity index (χ0v) is 21.0. The van der Waals surface area contributed by atoms with Gasteiger partial charge in [-0.1, -0.05) is 31.9 Å². The molecule has 0 saturated heterocycles. The summed E-state index contributed by atoms with van der Waals surface area (Å²) in [5.74, 6) is 2.13. The van der Waals surface area contributed by atoms with Crippen LogP contribution < -0.4 is 9.47 Å². The van der Waals surface area contributed by atoms with Crippen LogP contribution in [0.1, 0.15) is 37.4 Å². The number of ether oxygens (including phenoxy) is 2. The lowest BCUT2D eigenvalue weighted by Gasteiger charge is -2.16. The highest BCUT2D eigenvalue weighted by Gasteiger charge is 2.24. The molecule has 2 atom stereocenters. The number of hydrogen-bond donors (Lipinski definition) is 3. The highest BCUT2D eigenvalue weighted by molar-refractivity contribution is 7.63. The number of pyridine rings is 1. The predicted molar refractivity (Wildman–Crippen MR) is 135 cm³/mol. The molecule has 1 aromatic heterocycles. The molecule has 0 bridgehead atoms.